The van der Waals surface area contributed by atoms with Gasteiger partial charge in [-0.2, -0.15) is 0 Å². The van der Waals surface area contributed by atoms with Gasteiger partial charge in [-0.05, 0) is 49.9 Å². The lowest BCUT2D eigenvalue weighted by Gasteiger charge is -2.29. The molecule has 180 valence electrons. The number of para-hydroxylation sites is 3. The molecule has 1 heterocycles. The number of ether oxygens (including phenoxy) is 2. The van der Waals surface area contributed by atoms with E-state index in [1.54, 1.807) is 7.11 Å². The van der Waals surface area contributed by atoms with Crippen LogP contribution in [0.15, 0.2) is 59.8 Å². The molecule has 34 heavy (non-hydrogen) atoms. The number of hydrogen-bond donors (Lipinski definition) is 1. The zero-order valence-electron chi connectivity index (χ0n) is 19.9. The Morgan fingerprint density at radius 2 is 1.79 bits per heavy atom. The van der Waals surface area contributed by atoms with Crippen molar-refractivity contribution in [2.24, 2.45) is 5.92 Å². The van der Waals surface area contributed by atoms with Crippen molar-refractivity contribution in [3.8, 4) is 17.2 Å². The normalized spacial score (nSPS) is 18.8. The molecule has 1 aliphatic carbocycles. The summed E-state index contributed by atoms with van der Waals surface area (Å²) < 4.78 is 13.6. The SMILES string of the molecule is COc1ccccc1OC(C)c1nnc(SCC(=O)NC2CCCCC2C)n1-c1ccccc1. The second kappa shape index (κ2) is 11.4. The molecule has 3 aromatic rings. The van der Waals surface area contributed by atoms with E-state index in [2.05, 4.69) is 22.4 Å². The number of nitrogens with zero attached hydrogens (tertiary/aromatic N) is 3. The largest absolute Gasteiger partial charge is 0.493 e. The zero-order valence-corrected chi connectivity index (χ0v) is 20.8. The van der Waals surface area contributed by atoms with Crippen LogP contribution in [0.25, 0.3) is 5.69 Å². The minimum absolute atomic E-state index is 0.0335. The van der Waals surface area contributed by atoms with Crippen LogP contribution in [0.2, 0.25) is 0 Å². The number of aromatic nitrogens is 3. The van der Waals surface area contributed by atoms with Crippen LogP contribution in [0.4, 0.5) is 0 Å². The third-order valence-corrected chi connectivity index (χ3v) is 7.13. The molecule has 0 radical (unpaired) electrons. The molecule has 1 N–H and O–H groups in total. The third-order valence-electron chi connectivity index (χ3n) is 6.20. The molecule has 1 amide bonds. The third kappa shape index (κ3) is 5.73. The first-order chi connectivity index (χ1) is 16.6. The van der Waals surface area contributed by atoms with Crippen molar-refractivity contribution in [3.05, 3.63) is 60.4 Å². The van der Waals surface area contributed by atoms with Crippen LogP contribution in [0.5, 0.6) is 11.5 Å². The van der Waals surface area contributed by atoms with E-state index < -0.39 is 6.10 Å². The van der Waals surface area contributed by atoms with Gasteiger partial charge in [0.05, 0.1) is 12.9 Å². The molecule has 4 rings (SSSR count). The number of carbonyl (C=O) groups is 1. The Morgan fingerprint density at radius 3 is 2.53 bits per heavy atom. The molecular formula is C26H32N4O3S. The lowest BCUT2D eigenvalue weighted by Crippen LogP contribution is -2.41. The van der Waals surface area contributed by atoms with Gasteiger partial charge in [-0.25, -0.2) is 0 Å². The van der Waals surface area contributed by atoms with Gasteiger partial charge in [-0.15, -0.1) is 10.2 Å². The second-order valence-electron chi connectivity index (χ2n) is 8.65. The molecule has 1 fully saturated rings. The second-order valence-corrected chi connectivity index (χ2v) is 9.59. The van der Waals surface area contributed by atoms with E-state index in [1.807, 2.05) is 66.1 Å². The highest BCUT2D eigenvalue weighted by Crippen LogP contribution is 2.32. The van der Waals surface area contributed by atoms with E-state index in [-0.39, 0.29) is 17.7 Å². The monoisotopic (exact) mass is 480 g/mol. The Balaban J connectivity index is 1.52. The van der Waals surface area contributed by atoms with E-state index in [0.717, 1.165) is 12.1 Å². The molecule has 1 saturated carbocycles. The van der Waals surface area contributed by atoms with Crippen LogP contribution < -0.4 is 14.8 Å². The quantitative estimate of drug-likeness (QED) is 0.424. The number of hydrogen-bond acceptors (Lipinski definition) is 6. The van der Waals surface area contributed by atoms with Crippen molar-refractivity contribution in [2.45, 2.75) is 56.8 Å². The smallest absolute Gasteiger partial charge is 0.230 e. The van der Waals surface area contributed by atoms with Gasteiger partial charge in [0.15, 0.2) is 28.6 Å². The van der Waals surface area contributed by atoms with Crippen LogP contribution in [0.1, 0.15) is 51.5 Å². The van der Waals surface area contributed by atoms with Gasteiger partial charge in [-0.3, -0.25) is 9.36 Å². The summed E-state index contributed by atoms with van der Waals surface area (Å²) in [6.45, 7) is 4.15. The molecule has 7 nitrogen and oxygen atoms in total. The lowest BCUT2D eigenvalue weighted by atomic mass is 9.86. The molecular weight excluding hydrogens is 448 g/mol. The summed E-state index contributed by atoms with van der Waals surface area (Å²) in [5.74, 6) is 2.79. The molecule has 1 aliphatic rings. The summed E-state index contributed by atoms with van der Waals surface area (Å²) in [6.07, 6.45) is 4.27. The average Bonchev–Trinajstić information content (AvgIpc) is 3.29. The predicted molar refractivity (Wildman–Crippen MR) is 134 cm³/mol. The molecule has 8 heteroatoms. The molecule has 0 saturated heterocycles. The van der Waals surface area contributed by atoms with E-state index in [9.17, 15) is 4.79 Å². The van der Waals surface area contributed by atoms with Crippen molar-refractivity contribution >= 4 is 17.7 Å². The number of methoxy groups -OCH3 is 1. The maximum absolute atomic E-state index is 12.7. The molecule has 0 spiro atoms. The lowest BCUT2D eigenvalue weighted by molar-refractivity contribution is -0.119. The van der Waals surface area contributed by atoms with Gasteiger partial charge in [0.1, 0.15) is 0 Å². The number of amides is 1. The summed E-state index contributed by atoms with van der Waals surface area (Å²) in [5.41, 5.74) is 0.918. The van der Waals surface area contributed by atoms with Gasteiger partial charge in [0.25, 0.3) is 0 Å². The van der Waals surface area contributed by atoms with Crippen LogP contribution in [0, 0.1) is 5.92 Å². The number of nitrogens with one attached hydrogen (secondary N) is 1. The highest BCUT2D eigenvalue weighted by Gasteiger charge is 2.25. The molecule has 3 unspecified atom stereocenters. The highest BCUT2D eigenvalue weighted by atomic mass is 32.2. The van der Waals surface area contributed by atoms with E-state index in [4.69, 9.17) is 9.47 Å². The Bertz CT molecular complexity index is 1090. The molecule has 3 atom stereocenters. The first-order valence-corrected chi connectivity index (χ1v) is 12.8. The van der Waals surface area contributed by atoms with E-state index in [0.29, 0.717) is 28.4 Å². The maximum atomic E-state index is 12.7. The first kappa shape index (κ1) is 24.1. The van der Waals surface area contributed by atoms with E-state index >= 15 is 0 Å². The fourth-order valence-electron chi connectivity index (χ4n) is 4.33. The van der Waals surface area contributed by atoms with Crippen LogP contribution in [-0.4, -0.2) is 39.6 Å². The Hall–Kier alpha value is -3.00. The molecule has 0 aliphatic heterocycles. The van der Waals surface area contributed by atoms with Gasteiger partial charge in [0, 0.05) is 11.7 Å². The van der Waals surface area contributed by atoms with E-state index in [1.165, 1.54) is 31.0 Å². The topological polar surface area (TPSA) is 78.3 Å². The summed E-state index contributed by atoms with van der Waals surface area (Å²) in [7, 11) is 1.62. The number of rotatable bonds is 9. The van der Waals surface area contributed by atoms with Crippen LogP contribution in [-0.2, 0) is 4.79 Å². The predicted octanol–water partition coefficient (Wildman–Crippen LogP) is 5.20. The van der Waals surface area contributed by atoms with Crippen molar-refractivity contribution in [2.75, 3.05) is 12.9 Å². The fraction of sp³-hybridized carbons (Fsp3) is 0.423. The fourth-order valence-corrected chi connectivity index (χ4v) is 5.10. The highest BCUT2D eigenvalue weighted by molar-refractivity contribution is 7.99. The number of thioether (sulfide) groups is 1. The van der Waals surface area contributed by atoms with Gasteiger partial charge in [-0.1, -0.05) is 61.9 Å². The maximum Gasteiger partial charge on any atom is 0.230 e. The van der Waals surface area contributed by atoms with Crippen molar-refractivity contribution < 1.29 is 14.3 Å². The van der Waals surface area contributed by atoms with Crippen LogP contribution in [0.3, 0.4) is 0 Å². The Labute approximate surface area is 205 Å². The van der Waals surface area contributed by atoms with Crippen molar-refractivity contribution in [1.82, 2.24) is 20.1 Å². The summed E-state index contributed by atoms with van der Waals surface area (Å²) in [6, 6.07) is 17.7. The molecule has 1 aromatic heterocycles. The number of carbonyl (C=O) groups excluding carboxylic acids is 1. The Morgan fingerprint density at radius 1 is 1.09 bits per heavy atom. The molecule has 0 bridgehead atoms. The average molecular weight is 481 g/mol. The summed E-state index contributed by atoms with van der Waals surface area (Å²) in [4.78, 5) is 12.7. The van der Waals surface area contributed by atoms with Crippen LogP contribution >= 0.6 is 11.8 Å². The summed E-state index contributed by atoms with van der Waals surface area (Å²) in [5, 5.41) is 12.7. The summed E-state index contributed by atoms with van der Waals surface area (Å²) >= 11 is 1.39. The van der Waals surface area contributed by atoms with Gasteiger partial charge in [0.2, 0.25) is 5.91 Å². The zero-order chi connectivity index (χ0) is 23.9. The standard InChI is InChI=1S/C26H32N4O3S/c1-18-11-7-8-14-21(18)27-24(31)17-34-26-29-28-25(30(26)20-12-5-4-6-13-20)19(2)33-23-16-10-9-15-22(23)32-3/h4-6,9-10,12-13,15-16,18-19,21H,7-8,11,14,17H2,1-3H3,(H,27,31). The van der Waals surface area contributed by atoms with Gasteiger partial charge >= 0.3 is 0 Å². The minimum atomic E-state index is -0.393. The number of benzene rings is 2. The Kier molecular flexibility index (Phi) is 8.11. The molecule has 2 aromatic carbocycles. The first-order valence-electron chi connectivity index (χ1n) is 11.8. The van der Waals surface area contributed by atoms with Crippen molar-refractivity contribution in [1.29, 1.82) is 0 Å². The minimum Gasteiger partial charge on any atom is -0.493 e. The van der Waals surface area contributed by atoms with Crippen molar-refractivity contribution in [3.63, 3.8) is 0 Å². The van der Waals surface area contributed by atoms with Gasteiger partial charge < -0.3 is 14.8 Å².